The number of hydrogen-bond acceptors (Lipinski definition) is 5. The fourth-order valence-electron chi connectivity index (χ4n) is 3.44. The van der Waals surface area contributed by atoms with Gasteiger partial charge < -0.3 is 15.0 Å². The minimum absolute atomic E-state index is 0.109. The van der Waals surface area contributed by atoms with Crippen molar-refractivity contribution in [3.63, 3.8) is 0 Å². The maximum Gasteiger partial charge on any atom is 0.256 e. The molecule has 150 valence electrons. The highest BCUT2D eigenvalue weighted by Crippen LogP contribution is 2.28. The number of carbonyl (C=O) groups excluding carboxylic acids is 1. The summed E-state index contributed by atoms with van der Waals surface area (Å²) >= 11 is 0. The highest BCUT2D eigenvalue weighted by molar-refractivity contribution is 5.99. The molecule has 1 aromatic heterocycles. The van der Waals surface area contributed by atoms with Gasteiger partial charge in [0.1, 0.15) is 17.1 Å². The number of nitrogens with zero attached hydrogens (tertiary/aromatic N) is 3. The minimum atomic E-state index is -0.109. The Morgan fingerprint density at radius 2 is 2.04 bits per heavy atom. The van der Waals surface area contributed by atoms with E-state index in [1.165, 1.54) is 6.42 Å². The summed E-state index contributed by atoms with van der Waals surface area (Å²) in [6.45, 7) is 7.90. The van der Waals surface area contributed by atoms with Crippen LogP contribution in [0, 0.1) is 5.92 Å². The lowest BCUT2D eigenvalue weighted by atomic mass is 10.0. The average Bonchev–Trinajstić information content (AvgIpc) is 2.72. The Balaban J connectivity index is 1.98. The Bertz CT molecular complexity index is 805. The van der Waals surface area contributed by atoms with E-state index < -0.39 is 0 Å². The van der Waals surface area contributed by atoms with Crippen molar-refractivity contribution in [2.24, 2.45) is 5.92 Å². The van der Waals surface area contributed by atoms with Crippen LogP contribution in [0.15, 0.2) is 30.5 Å². The normalized spacial score (nSPS) is 16.9. The quantitative estimate of drug-likeness (QED) is 0.820. The second kappa shape index (κ2) is 9.04. The molecule has 0 aliphatic carbocycles. The lowest BCUT2D eigenvalue weighted by Crippen LogP contribution is -2.40. The predicted octanol–water partition coefficient (Wildman–Crippen LogP) is 3.92. The molecule has 2 heterocycles. The van der Waals surface area contributed by atoms with E-state index >= 15 is 0 Å². The minimum Gasteiger partial charge on any atom is -0.497 e. The number of carbonyl (C=O) groups is 1. The molecular formula is C22H30N4O2. The molecule has 6 nitrogen and oxygen atoms in total. The molecule has 1 fully saturated rings. The zero-order valence-corrected chi connectivity index (χ0v) is 17.2. The number of aromatic nitrogens is 2. The van der Waals surface area contributed by atoms with E-state index in [2.05, 4.69) is 36.0 Å². The fraction of sp³-hybridized carbons (Fsp3) is 0.500. The average molecular weight is 383 g/mol. The van der Waals surface area contributed by atoms with Gasteiger partial charge >= 0.3 is 0 Å². The Labute approximate surface area is 167 Å². The van der Waals surface area contributed by atoms with Crippen molar-refractivity contribution < 1.29 is 9.53 Å². The molecule has 1 aliphatic heterocycles. The van der Waals surface area contributed by atoms with Gasteiger partial charge in [-0.2, -0.15) is 0 Å². The van der Waals surface area contributed by atoms with Gasteiger partial charge in [-0.25, -0.2) is 9.97 Å². The third-order valence-electron chi connectivity index (χ3n) is 5.11. The van der Waals surface area contributed by atoms with Crippen LogP contribution >= 0.6 is 0 Å². The maximum atomic E-state index is 12.8. The van der Waals surface area contributed by atoms with E-state index in [0.717, 1.165) is 36.5 Å². The molecular weight excluding hydrogens is 352 g/mol. The van der Waals surface area contributed by atoms with E-state index in [4.69, 9.17) is 9.72 Å². The predicted molar refractivity (Wildman–Crippen MR) is 112 cm³/mol. The van der Waals surface area contributed by atoms with Gasteiger partial charge in [-0.05, 0) is 56.4 Å². The van der Waals surface area contributed by atoms with Gasteiger partial charge in [0, 0.05) is 30.9 Å². The highest BCUT2D eigenvalue weighted by Gasteiger charge is 2.26. The second-order valence-electron chi connectivity index (χ2n) is 7.80. The van der Waals surface area contributed by atoms with E-state index in [9.17, 15) is 4.79 Å². The molecule has 28 heavy (non-hydrogen) atoms. The van der Waals surface area contributed by atoms with Crippen molar-refractivity contribution in [3.8, 4) is 17.1 Å². The summed E-state index contributed by atoms with van der Waals surface area (Å²) in [5.74, 6) is 2.42. The molecule has 0 radical (unpaired) electrons. The summed E-state index contributed by atoms with van der Waals surface area (Å²) in [5.41, 5.74) is 1.45. The Morgan fingerprint density at radius 3 is 2.68 bits per heavy atom. The summed E-state index contributed by atoms with van der Waals surface area (Å²) in [7, 11) is 1.64. The van der Waals surface area contributed by atoms with Crippen molar-refractivity contribution in [2.45, 2.75) is 46.1 Å². The Kier molecular flexibility index (Phi) is 6.49. The first-order chi connectivity index (χ1) is 13.5. The first kappa shape index (κ1) is 20.1. The molecule has 1 aromatic carbocycles. The lowest BCUT2D eigenvalue weighted by Gasteiger charge is -2.35. The number of benzene rings is 1. The van der Waals surface area contributed by atoms with Crippen LogP contribution in [0.5, 0.6) is 5.75 Å². The van der Waals surface area contributed by atoms with Crippen LogP contribution in [0.3, 0.4) is 0 Å². The van der Waals surface area contributed by atoms with Crippen molar-refractivity contribution >= 4 is 11.7 Å². The van der Waals surface area contributed by atoms with E-state index in [0.29, 0.717) is 29.9 Å². The van der Waals surface area contributed by atoms with Crippen molar-refractivity contribution in [2.75, 3.05) is 25.1 Å². The first-order valence-corrected chi connectivity index (χ1v) is 10.1. The molecule has 2 aromatic rings. The topological polar surface area (TPSA) is 67.3 Å². The molecule has 0 bridgehead atoms. The smallest absolute Gasteiger partial charge is 0.256 e. The molecule has 1 aliphatic rings. The van der Waals surface area contributed by atoms with Crippen LogP contribution in [0.25, 0.3) is 11.4 Å². The number of rotatable bonds is 6. The van der Waals surface area contributed by atoms with Crippen LogP contribution < -0.4 is 15.0 Å². The zero-order chi connectivity index (χ0) is 20.1. The van der Waals surface area contributed by atoms with Gasteiger partial charge in [-0.1, -0.05) is 13.8 Å². The van der Waals surface area contributed by atoms with Crippen molar-refractivity contribution in [1.29, 1.82) is 0 Å². The molecule has 1 N–H and O–H groups in total. The molecule has 0 saturated carbocycles. The van der Waals surface area contributed by atoms with Crippen LogP contribution in [-0.2, 0) is 0 Å². The monoisotopic (exact) mass is 382 g/mol. The highest BCUT2D eigenvalue weighted by atomic mass is 16.5. The standard InChI is InChI=1S/C22H30N4O2/c1-15(2)13-24-22(27)19-14-23-20(17-8-10-18(28-4)11-9-17)25-21(19)26-12-6-5-7-16(26)3/h8-11,14-16H,5-7,12-13H2,1-4H3,(H,24,27)/t16-/m1/s1. The van der Waals surface area contributed by atoms with Gasteiger partial charge in [0.15, 0.2) is 5.82 Å². The number of amides is 1. The molecule has 6 heteroatoms. The largest absolute Gasteiger partial charge is 0.497 e. The SMILES string of the molecule is COc1ccc(-c2ncc(C(=O)NCC(C)C)c(N3CCCC[C@H]3C)n2)cc1. The summed E-state index contributed by atoms with van der Waals surface area (Å²) < 4.78 is 5.23. The van der Waals surface area contributed by atoms with Crippen molar-refractivity contribution in [3.05, 3.63) is 36.0 Å². The van der Waals surface area contributed by atoms with Crippen LogP contribution in [0.4, 0.5) is 5.82 Å². The Morgan fingerprint density at radius 1 is 1.29 bits per heavy atom. The van der Waals surface area contributed by atoms with Gasteiger partial charge in [-0.15, -0.1) is 0 Å². The van der Waals surface area contributed by atoms with Crippen LogP contribution in [-0.4, -0.2) is 42.1 Å². The number of anilines is 1. The zero-order valence-electron chi connectivity index (χ0n) is 17.2. The Hall–Kier alpha value is -2.63. The third kappa shape index (κ3) is 4.61. The summed E-state index contributed by atoms with van der Waals surface area (Å²) in [4.78, 5) is 24.4. The van der Waals surface area contributed by atoms with Gasteiger partial charge in [0.25, 0.3) is 5.91 Å². The van der Waals surface area contributed by atoms with E-state index in [1.807, 2.05) is 24.3 Å². The number of methoxy groups -OCH3 is 1. The summed E-state index contributed by atoms with van der Waals surface area (Å²) in [5, 5.41) is 3.00. The first-order valence-electron chi connectivity index (χ1n) is 10.1. The molecule has 0 unspecified atom stereocenters. The molecule has 3 rings (SSSR count). The molecule has 1 atom stereocenters. The lowest BCUT2D eigenvalue weighted by molar-refractivity contribution is 0.0948. The number of nitrogens with one attached hydrogen (secondary N) is 1. The second-order valence-corrected chi connectivity index (χ2v) is 7.80. The molecule has 0 spiro atoms. The van der Waals surface area contributed by atoms with Crippen LogP contribution in [0.1, 0.15) is 50.4 Å². The maximum absolute atomic E-state index is 12.8. The fourth-order valence-corrected chi connectivity index (χ4v) is 3.44. The molecule has 1 saturated heterocycles. The third-order valence-corrected chi connectivity index (χ3v) is 5.11. The van der Waals surface area contributed by atoms with E-state index in [-0.39, 0.29) is 5.91 Å². The van der Waals surface area contributed by atoms with Gasteiger partial charge in [0.05, 0.1) is 7.11 Å². The summed E-state index contributed by atoms with van der Waals surface area (Å²) in [6, 6.07) is 8.02. The van der Waals surface area contributed by atoms with Crippen LogP contribution in [0.2, 0.25) is 0 Å². The van der Waals surface area contributed by atoms with Crippen molar-refractivity contribution in [1.82, 2.24) is 15.3 Å². The number of ether oxygens (including phenoxy) is 1. The summed E-state index contributed by atoms with van der Waals surface area (Å²) in [6.07, 6.45) is 5.09. The molecule has 1 amide bonds. The van der Waals surface area contributed by atoms with E-state index in [1.54, 1.807) is 13.3 Å². The van der Waals surface area contributed by atoms with Gasteiger partial charge in [-0.3, -0.25) is 4.79 Å². The number of hydrogen-bond donors (Lipinski definition) is 1. The van der Waals surface area contributed by atoms with Gasteiger partial charge in [0.2, 0.25) is 0 Å². The number of piperidine rings is 1.